The summed E-state index contributed by atoms with van der Waals surface area (Å²) in [6.07, 6.45) is 6.29. The molecule has 0 nitrogen and oxygen atoms in total. The summed E-state index contributed by atoms with van der Waals surface area (Å²) in [4.78, 5) is 0. The quantitative estimate of drug-likeness (QED) is 0.517. The smallest absolute Gasteiger partial charge is 0.0513 e. The fourth-order valence-corrected chi connectivity index (χ4v) is 3.88. The van der Waals surface area contributed by atoms with E-state index in [-0.39, 0.29) is 0 Å². The maximum Gasteiger partial charge on any atom is 0.0513 e. The highest BCUT2D eigenvalue weighted by Crippen LogP contribution is 2.62. The Morgan fingerprint density at radius 3 is 1.67 bits per heavy atom. The molecule has 0 aromatic heterocycles. The molecule has 0 unspecified atom stereocenters. The van der Waals surface area contributed by atoms with Crippen molar-refractivity contribution in [3.8, 4) is 0 Å². The van der Waals surface area contributed by atoms with Crippen molar-refractivity contribution in [1.82, 2.24) is 0 Å². The molecule has 0 aromatic carbocycles. The van der Waals surface area contributed by atoms with Crippen LogP contribution in [-0.4, -0.2) is 8.07 Å². The van der Waals surface area contributed by atoms with Crippen LogP contribution < -0.4 is 0 Å². The number of hydrogen-bond acceptors (Lipinski definition) is 0. The number of rotatable bonds is 2. The highest BCUT2D eigenvalue weighted by molar-refractivity contribution is 6.80. The lowest BCUT2D eigenvalue weighted by molar-refractivity contribution is 0.965. The molecule has 0 aromatic rings. The Morgan fingerprint density at radius 1 is 1.22 bits per heavy atom. The standard InChI is InChI=1S/C8H16Si/c1-5-8(6-7-8)9(2,3)4/h6-7H2,1-4H3. The lowest BCUT2D eigenvalue weighted by Crippen LogP contribution is -2.29. The van der Waals surface area contributed by atoms with Gasteiger partial charge in [0, 0.05) is 0 Å². The summed E-state index contributed by atoms with van der Waals surface area (Å²) in [6, 6.07) is 0. The first-order valence-electron chi connectivity index (χ1n) is 3.71. The largest absolute Gasteiger partial charge is 0.0691 e. The highest BCUT2D eigenvalue weighted by atomic mass is 28.3. The second-order valence-corrected chi connectivity index (χ2v) is 9.54. The minimum atomic E-state index is -0.885. The lowest BCUT2D eigenvalue weighted by Gasteiger charge is -2.26. The molecule has 0 heterocycles. The molecule has 1 saturated carbocycles. The first-order chi connectivity index (χ1) is 4.02. The van der Waals surface area contributed by atoms with Crippen LogP contribution in [0.4, 0.5) is 0 Å². The van der Waals surface area contributed by atoms with Gasteiger partial charge < -0.3 is 0 Å². The van der Waals surface area contributed by atoms with Gasteiger partial charge in [0.1, 0.15) is 0 Å². The van der Waals surface area contributed by atoms with Gasteiger partial charge in [0.25, 0.3) is 0 Å². The van der Waals surface area contributed by atoms with Crippen molar-refractivity contribution in [2.45, 2.75) is 44.4 Å². The van der Waals surface area contributed by atoms with Gasteiger partial charge in [-0.25, -0.2) is 0 Å². The van der Waals surface area contributed by atoms with Crippen LogP contribution in [0.5, 0.6) is 0 Å². The average molecular weight is 140 g/mol. The second-order valence-electron chi connectivity index (χ2n) is 4.08. The zero-order valence-electron chi connectivity index (χ0n) is 6.91. The third kappa shape index (κ3) is 1.07. The topological polar surface area (TPSA) is 0 Å². The molecule has 1 rings (SSSR count). The Balaban J connectivity index is 2.60. The summed E-state index contributed by atoms with van der Waals surface area (Å²) in [6.45, 7) is 9.43. The van der Waals surface area contributed by atoms with Crippen LogP contribution in [0.2, 0.25) is 24.7 Å². The van der Waals surface area contributed by atoms with Crippen LogP contribution in [0, 0.1) is 6.42 Å². The highest BCUT2D eigenvalue weighted by Gasteiger charge is 2.51. The fourth-order valence-electron chi connectivity index (χ4n) is 1.50. The molecule has 0 spiro atoms. The Kier molecular flexibility index (Phi) is 1.50. The number of hydrogen-bond donors (Lipinski definition) is 0. The van der Waals surface area contributed by atoms with Gasteiger partial charge in [0.2, 0.25) is 0 Å². The zero-order valence-corrected chi connectivity index (χ0v) is 7.91. The Bertz CT molecular complexity index is 106. The Hall–Kier alpha value is 0.217. The molecule has 0 N–H and O–H groups in total. The van der Waals surface area contributed by atoms with Gasteiger partial charge in [-0.1, -0.05) is 26.6 Å². The van der Waals surface area contributed by atoms with Gasteiger partial charge in [-0.3, -0.25) is 0 Å². The first-order valence-corrected chi connectivity index (χ1v) is 7.21. The van der Waals surface area contributed by atoms with Gasteiger partial charge in [-0.2, -0.15) is 0 Å². The van der Waals surface area contributed by atoms with Crippen LogP contribution >= 0.6 is 0 Å². The fraction of sp³-hybridized carbons (Fsp3) is 0.875. The van der Waals surface area contributed by atoms with E-state index in [2.05, 4.69) is 33.0 Å². The van der Waals surface area contributed by atoms with Crippen molar-refractivity contribution in [1.29, 1.82) is 0 Å². The van der Waals surface area contributed by atoms with Crippen LogP contribution in [-0.2, 0) is 0 Å². The molecule has 2 radical (unpaired) electrons. The molecule has 0 atom stereocenters. The van der Waals surface area contributed by atoms with E-state index in [9.17, 15) is 0 Å². The Morgan fingerprint density at radius 2 is 1.67 bits per heavy atom. The molecule has 0 saturated heterocycles. The molecule has 1 fully saturated rings. The van der Waals surface area contributed by atoms with E-state index in [4.69, 9.17) is 0 Å². The van der Waals surface area contributed by atoms with Crippen molar-refractivity contribution in [2.75, 3.05) is 0 Å². The molecule has 9 heavy (non-hydrogen) atoms. The van der Waals surface area contributed by atoms with E-state index in [1.807, 2.05) is 0 Å². The molecule has 52 valence electrons. The monoisotopic (exact) mass is 140 g/mol. The third-order valence-electron chi connectivity index (χ3n) is 2.66. The molecule has 1 aliphatic rings. The minimum absolute atomic E-state index is 0.618. The second kappa shape index (κ2) is 1.85. The Labute approximate surface area is 59.7 Å². The van der Waals surface area contributed by atoms with Crippen molar-refractivity contribution in [3.63, 3.8) is 0 Å². The van der Waals surface area contributed by atoms with E-state index >= 15 is 0 Å². The minimum Gasteiger partial charge on any atom is -0.0691 e. The first kappa shape index (κ1) is 7.33. The summed E-state index contributed by atoms with van der Waals surface area (Å²) in [7, 11) is -0.885. The average Bonchev–Trinajstić information content (AvgIpc) is 2.40. The summed E-state index contributed by atoms with van der Waals surface area (Å²) in [5.41, 5.74) is 0. The van der Waals surface area contributed by atoms with Crippen molar-refractivity contribution >= 4 is 8.07 Å². The van der Waals surface area contributed by atoms with E-state index in [1.54, 1.807) is 0 Å². The summed E-state index contributed by atoms with van der Waals surface area (Å²) >= 11 is 0. The van der Waals surface area contributed by atoms with Gasteiger partial charge in [0.05, 0.1) is 8.07 Å². The van der Waals surface area contributed by atoms with Gasteiger partial charge in [-0.15, -0.1) is 0 Å². The van der Waals surface area contributed by atoms with Crippen LogP contribution in [0.25, 0.3) is 0 Å². The third-order valence-corrected chi connectivity index (χ3v) is 6.29. The van der Waals surface area contributed by atoms with Crippen LogP contribution in [0.3, 0.4) is 0 Å². The van der Waals surface area contributed by atoms with Crippen LogP contribution in [0.1, 0.15) is 19.8 Å². The molecule has 0 amide bonds. The molecule has 0 aliphatic heterocycles. The molecular formula is C8H16Si. The zero-order chi connectivity index (χ0) is 7.12. The summed E-state index contributed by atoms with van der Waals surface area (Å²) < 4.78 is 0. The molecule has 0 bridgehead atoms. The van der Waals surface area contributed by atoms with E-state index in [1.165, 1.54) is 12.8 Å². The van der Waals surface area contributed by atoms with Crippen LogP contribution in [0.15, 0.2) is 0 Å². The van der Waals surface area contributed by atoms with E-state index < -0.39 is 8.07 Å². The van der Waals surface area contributed by atoms with Gasteiger partial charge in [-0.05, 0) is 24.3 Å². The normalized spacial score (nSPS) is 24.0. The van der Waals surface area contributed by atoms with Crippen molar-refractivity contribution in [3.05, 3.63) is 6.42 Å². The molecule has 1 aliphatic carbocycles. The SMILES string of the molecule is C[C]C1([Si](C)(C)C)CC1. The lowest BCUT2D eigenvalue weighted by atomic mass is 10.3. The van der Waals surface area contributed by atoms with Gasteiger partial charge >= 0.3 is 0 Å². The van der Waals surface area contributed by atoms with E-state index in [0.29, 0.717) is 5.04 Å². The summed E-state index contributed by atoms with van der Waals surface area (Å²) in [5.74, 6) is 0. The summed E-state index contributed by atoms with van der Waals surface area (Å²) in [5, 5.41) is 0.618. The predicted molar refractivity (Wildman–Crippen MR) is 44.2 cm³/mol. The van der Waals surface area contributed by atoms with E-state index in [0.717, 1.165) is 0 Å². The van der Waals surface area contributed by atoms with Crippen molar-refractivity contribution in [2.24, 2.45) is 0 Å². The predicted octanol–water partition coefficient (Wildman–Crippen LogP) is 2.96. The maximum absolute atomic E-state index is 3.45. The van der Waals surface area contributed by atoms with Gasteiger partial charge in [0.15, 0.2) is 0 Å². The maximum atomic E-state index is 3.45. The molecular weight excluding hydrogens is 124 g/mol. The molecule has 1 heteroatoms. The van der Waals surface area contributed by atoms with Crippen molar-refractivity contribution < 1.29 is 0 Å².